The van der Waals surface area contributed by atoms with Crippen LogP contribution in [0.25, 0.3) is 0 Å². The summed E-state index contributed by atoms with van der Waals surface area (Å²) in [5, 5.41) is 0. The normalized spacial score (nSPS) is 19.1. The first kappa shape index (κ1) is 16.2. The van der Waals surface area contributed by atoms with Gasteiger partial charge in [0.15, 0.2) is 0 Å². The van der Waals surface area contributed by atoms with E-state index in [0.29, 0.717) is 18.9 Å². The molecule has 1 fully saturated rings. The first-order valence-electron chi connectivity index (χ1n) is 8.28. The van der Waals surface area contributed by atoms with Gasteiger partial charge in [0.05, 0.1) is 6.42 Å². The molecular formula is C19H22F3N. The predicted octanol–water partition coefficient (Wildman–Crippen LogP) is 4.93. The number of benzene rings is 1. The summed E-state index contributed by atoms with van der Waals surface area (Å²) < 4.78 is 38.0. The molecule has 0 radical (unpaired) electrons. The molecule has 0 aromatic heterocycles. The van der Waals surface area contributed by atoms with E-state index in [1.807, 2.05) is 12.1 Å². The van der Waals surface area contributed by atoms with E-state index in [9.17, 15) is 13.2 Å². The maximum atomic E-state index is 12.7. The van der Waals surface area contributed by atoms with Crippen LogP contribution in [0.15, 0.2) is 18.2 Å². The Labute approximate surface area is 135 Å². The molecule has 0 unspecified atom stereocenters. The van der Waals surface area contributed by atoms with Crippen molar-refractivity contribution in [3.05, 3.63) is 29.3 Å². The maximum absolute atomic E-state index is 12.7. The van der Waals surface area contributed by atoms with Gasteiger partial charge in [-0.25, -0.2) is 0 Å². The summed E-state index contributed by atoms with van der Waals surface area (Å²) in [7, 11) is 0. The number of hydrogen-bond acceptors (Lipinski definition) is 1. The van der Waals surface area contributed by atoms with Crippen LogP contribution in [0, 0.1) is 17.3 Å². The van der Waals surface area contributed by atoms with Crippen LogP contribution in [0.5, 0.6) is 0 Å². The zero-order valence-electron chi connectivity index (χ0n) is 13.6. The second-order valence-corrected chi connectivity index (χ2v) is 7.02. The van der Waals surface area contributed by atoms with Gasteiger partial charge < -0.3 is 4.90 Å². The van der Waals surface area contributed by atoms with Crippen LogP contribution in [0.4, 0.5) is 18.9 Å². The molecular weight excluding hydrogens is 299 g/mol. The number of fused-ring (bicyclic) bond motifs is 1. The Hall–Kier alpha value is -1.63. The molecule has 23 heavy (non-hydrogen) atoms. The molecule has 4 heteroatoms. The number of alkyl halides is 3. The van der Waals surface area contributed by atoms with Gasteiger partial charge in [-0.1, -0.05) is 17.9 Å². The minimum Gasteiger partial charge on any atom is -0.369 e. The zero-order chi connectivity index (χ0) is 16.7. The molecule has 1 aliphatic carbocycles. The Morgan fingerprint density at radius 1 is 1.26 bits per heavy atom. The molecule has 1 heterocycles. The van der Waals surface area contributed by atoms with Crippen molar-refractivity contribution in [2.45, 2.75) is 58.2 Å². The van der Waals surface area contributed by atoms with Gasteiger partial charge in [-0.05, 0) is 57.2 Å². The van der Waals surface area contributed by atoms with Crippen molar-refractivity contribution in [1.29, 1.82) is 0 Å². The molecule has 0 N–H and O–H groups in total. The fourth-order valence-corrected chi connectivity index (χ4v) is 3.39. The quantitative estimate of drug-likeness (QED) is 0.698. The minimum atomic E-state index is -4.13. The molecule has 1 aliphatic heterocycles. The molecule has 0 bridgehead atoms. The van der Waals surface area contributed by atoms with Gasteiger partial charge in [-0.15, -0.1) is 0 Å². The Morgan fingerprint density at radius 3 is 2.61 bits per heavy atom. The van der Waals surface area contributed by atoms with Crippen LogP contribution in [0.2, 0.25) is 0 Å². The fraction of sp³-hybridized carbons (Fsp3) is 0.579. The van der Waals surface area contributed by atoms with Crippen LogP contribution in [-0.4, -0.2) is 18.8 Å². The van der Waals surface area contributed by atoms with E-state index in [0.717, 1.165) is 24.9 Å². The molecule has 1 aromatic carbocycles. The highest BCUT2D eigenvalue weighted by molar-refractivity contribution is 5.62. The first-order valence-corrected chi connectivity index (χ1v) is 8.28. The van der Waals surface area contributed by atoms with E-state index in [4.69, 9.17) is 0 Å². The van der Waals surface area contributed by atoms with Crippen LogP contribution < -0.4 is 4.90 Å². The van der Waals surface area contributed by atoms with Crippen LogP contribution in [0.3, 0.4) is 0 Å². The molecule has 2 aliphatic rings. The van der Waals surface area contributed by atoms with E-state index in [1.54, 1.807) is 0 Å². The molecule has 3 rings (SSSR count). The highest BCUT2D eigenvalue weighted by atomic mass is 19.4. The fourth-order valence-electron chi connectivity index (χ4n) is 3.39. The van der Waals surface area contributed by atoms with Gasteiger partial charge in [0.1, 0.15) is 0 Å². The SMILES string of the molecule is CC(C)N1CCCc2c(C#CC3(CC(F)(F)F)CC3)cccc21. The second-order valence-electron chi connectivity index (χ2n) is 7.02. The summed E-state index contributed by atoms with van der Waals surface area (Å²) in [5.74, 6) is 6.03. The lowest BCUT2D eigenvalue weighted by molar-refractivity contribution is -0.142. The molecule has 0 amide bonds. The average Bonchev–Trinajstić information content (AvgIpc) is 3.22. The number of hydrogen-bond donors (Lipinski definition) is 0. The van der Waals surface area contributed by atoms with Gasteiger partial charge in [0, 0.05) is 29.3 Å². The zero-order valence-corrected chi connectivity index (χ0v) is 13.6. The maximum Gasteiger partial charge on any atom is 0.390 e. The van der Waals surface area contributed by atoms with E-state index in [1.165, 1.54) is 11.3 Å². The lowest BCUT2D eigenvalue weighted by atomic mass is 9.94. The molecule has 0 spiro atoms. The highest BCUT2D eigenvalue weighted by Crippen LogP contribution is 2.52. The molecule has 1 saturated carbocycles. The summed E-state index contributed by atoms with van der Waals surface area (Å²) >= 11 is 0. The highest BCUT2D eigenvalue weighted by Gasteiger charge is 2.49. The van der Waals surface area contributed by atoms with E-state index in [-0.39, 0.29) is 0 Å². The summed E-state index contributed by atoms with van der Waals surface area (Å²) in [6.07, 6.45) is -1.76. The van der Waals surface area contributed by atoms with Gasteiger partial charge in [-0.3, -0.25) is 0 Å². The standard InChI is InChI=1S/C19H22F3N/c1-14(2)23-12-4-6-16-15(5-3-7-17(16)23)8-9-18(10-11-18)13-19(20,21)22/h3,5,7,14H,4,6,10-13H2,1-2H3. The topological polar surface area (TPSA) is 3.24 Å². The van der Waals surface area contributed by atoms with E-state index in [2.05, 4.69) is 36.7 Å². The summed E-state index contributed by atoms with van der Waals surface area (Å²) in [5.41, 5.74) is 2.47. The van der Waals surface area contributed by atoms with Crippen molar-refractivity contribution in [2.24, 2.45) is 5.41 Å². The van der Waals surface area contributed by atoms with Gasteiger partial charge in [0.25, 0.3) is 0 Å². The van der Waals surface area contributed by atoms with Crippen molar-refractivity contribution in [2.75, 3.05) is 11.4 Å². The second kappa shape index (κ2) is 5.78. The van der Waals surface area contributed by atoms with Gasteiger partial charge in [0.2, 0.25) is 0 Å². The van der Waals surface area contributed by atoms with Gasteiger partial charge in [-0.2, -0.15) is 13.2 Å². The predicted molar refractivity (Wildman–Crippen MR) is 86.5 cm³/mol. The lowest BCUT2D eigenvalue weighted by Gasteiger charge is -2.35. The molecule has 1 aromatic rings. The molecule has 1 nitrogen and oxygen atoms in total. The number of rotatable bonds is 2. The average molecular weight is 321 g/mol. The molecule has 0 saturated heterocycles. The van der Waals surface area contributed by atoms with E-state index < -0.39 is 18.0 Å². The van der Waals surface area contributed by atoms with Crippen LogP contribution >= 0.6 is 0 Å². The number of nitrogens with zero attached hydrogens (tertiary/aromatic N) is 1. The largest absolute Gasteiger partial charge is 0.390 e. The summed E-state index contributed by atoms with van der Waals surface area (Å²) in [4.78, 5) is 2.35. The third-order valence-corrected chi connectivity index (χ3v) is 4.76. The third-order valence-electron chi connectivity index (χ3n) is 4.76. The number of halogens is 3. The Bertz CT molecular complexity index is 645. The Kier molecular flexibility index (Phi) is 4.08. The Morgan fingerprint density at radius 2 is 2.00 bits per heavy atom. The first-order chi connectivity index (χ1) is 10.8. The minimum absolute atomic E-state index is 0.414. The van der Waals surface area contributed by atoms with Gasteiger partial charge >= 0.3 is 6.18 Å². The number of anilines is 1. The Balaban J connectivity index is 1.89. The van der Waals surface area contributed by atoms with Crippen LogP contribution in [0.1, 0.15) is 50.7 Å². The lowest BCUT2D eigenvalue weighted by Crippen LogP contribution is -2.35. The smallest absolute Gasteiger partial charge is 0.369 e. The van der Waals surface area contributed by atoms with Crippen molar-refractivity contribution in [3.8, 4) is 11.8 Å². The van der Waals surface area contributed by atoms with Crippen molar-refractivity contribution in [3.63, 3.8) is 0 Å². The van der Waals surface area contributed by atoms with Crippen LogP contribution in [-0.2, 0) is 6.42 Å². The van der Waals surface area contributed by atoms with Crippen molar-refractivity contribution in [1.82, 2.24) is 0 Å². The molecule has 0 atom stereocenters. The summed E-state index contributed by atoms with van der Waals surface area (Å²) in [6, 6.07) is 6.42. The molecule has 124 valence electrons. The van der Waals surface area contributed by atoms with Crippen molar-refractivity contribution < 1.29 is 13.2 Å². The summed E-state index contributed by atoms with van der Waals surface area (Å²) in [6.45, 7) is 5.35. The van der Waals surface area contributed by atoms with E-state index >= 15 is 0 Å². The van der Waals surface area contributed by atoms with Crippen molar-refractivity contribution >= 4 is 5.69 Å². The third kappa shape index (κ3) is 3.65. The monoisotopic (exact) mass is 321 g/mol.